The van der Waals surface area contributed by atoms with Crippen molar-refractivity contribution in [3.05, 3.63) is 76.7 Å². The summed E-state index contributed by atoms with van der Waals surface area (Å²) in [5.74, 6) is -0.193. The van der Waals surface area contributed by atoms with Crippen molar-refractivity contribution < 1.29 is 4.79 Å². The number of hydrogen-bond acceptors (Lipinski definition) is 7. The number of anilines is 2. The summed E-state index contributed by atoms with van der Waals surface area (Å²) in [4.78, 5) is 26.1. The van der Waals surface area contributed by atoms with Gasteiger partial charge < -0.3 is 5.73 Å². The Bertz CT molecular complexity index is 1250. The average molecular weight is 457 g/mol. The van der Waals surface area contributed by atoms with Crippen LogP contribution in [-0.2, 0) is 0 Å². The van der Waals surface area contributed by atoms with E-state index in [1.165, 1.54) is 30.2 Å². The second kappa shape index (κ2) is 8.74. The Labute approximate surface area is 186 Å². The van der Waals surface area contributed by atoms with Crippen LogP contribution in [0.15, 0.2) is 71.0 Å². The molecule has 0 aliphatic carbocycles. The molecule has 4 N–H and O–H groups in total. The fraction of sp³-hybridized carbons (Fsp3) is 0. The van der Waals surface area contributed by atoms with Crippen LogP contribution >= 0.6 is 35.0 Å². The molecule has 0 radical (unpaired) electrons. The molecule has 0 saturated heterocycles. The van der Waals surface area contributed by atoms with Gasteiger partial charge >= 0.3 is 0 Å². The van der Waals surface area contributed by atoms with E-state index in [1.54, 1.807) is 12.3 Å². The standard InChI is InChI=1S/C20H14Cl2N6OS/c21-12-6-7-13(14(22)9-12)19(29)28-27-18-16(23)20(26-10-25-18)30-15-5-1-3-11-4-2-8-24-17(11)15/h1-10H,23H2,(H,28,29)(H,25,26,27). The molecule has 0 saturated carbocycles. The van der Waals surface area contributed by atoms with Crippen LogP contribution in [0.2, 0.25) is 10.0 Å². The van der Waals surface area contributed by atoms with E-state index in [0.717, 1.165) is 15.8 Å². The molecule has 0 spiro atoms. The first-order valence-corrected chi connectivity index (χ1v) is 10.2. The summed E-state index contributed by atoms with van der Waals surface area (Å²) in [6.45, 7) is 0. The molecule has 0 aliphatic heterocycles. The molecular formula is C20H14Cl2N6OS. The quantitative estimate of drug-likeness (QED) is 0.291. The van der Waals surface area contributed by atoms with Crippen LogP contribution in [0.25, 0.3) is 10.9 Å². The zero-order valence-electron chi connectivity index (χ0n) is 15.3. The largest absolute Gasteiger partial charge is 0.393 e. The number of pyridine rings is 1. The van der Waals surface area contributed by atoms with Gasteiger partial charge in [-0.05, 0) is 30.3 Å². The molecular weight excluding hydrogens is 443 g/mol. The van der Waals surface area contributed by atoms with Gasteiger partial charge in [-0.25, -0.2) is 9.97 Å². The number of carbonyl (C=O) groups is 1. The molecule has 30 heavy (non-hydrogen) atoms. The number of fused-ring (bicyclic) bond motifs is 1. The SMILES string of the molecule is Nc1c(NNC(=O)c2ccc(Cl)cc2Cl)ncnc1Sc1cccc2cccnc12. The summed E-state index contributed by atoms with van der Waals surface area (Å²) < 4.78 is 0. The second-order valence-electron chi connectivity index (χ2n) is 6.08. The Morgan fingerprint density at radius 2 is 1.87 bits per heavy atom. The highest BCUT2D eigenvalue weighted by Crippen LogP contribution is 2.35. The van der Waals surface area contributed by atoms with Crippen LogP contribution < -0.4 is 16.6 Å². The van der Waals surface area contributed by atoms with E-state index in [4.69, 9.17) is 28.9 Å². The normalized spacial score (nSPS) is 10.7. The third-order valence-electron chi connectivity index (χ3n) is 4.12. The van der Waals surface area contributed by atoms with Crippen LogP contribution in [0.4, 0.5) is 11.5 Å². The van der Waals surface area contributed by atoms with E-state index < -0.39 is 5.91 Å². The predicted octanol–water partition coefficient (Wildman–Crippen LogP) is 4.82. The topological polar surface area (TPSA) is 106 Å². The lowest BCUT2D eigenvalue weighted by Crippen LogP contribution is -2.30. The number of carbonyl (C=O) groups excluding carboxylic acids is 1. The van der Waals surface area contributed by atoms with Gasteiger partial charge in [0.25, 0.3) is 5.91 Å². The van der Waals surface area contributed by atoms with Crippen molar-refractivity contribution in [2.75, 3.05) is 11.2 Å². The van der Waals surface area contributed by atoms with E-state index in [0.29, 0.717) is 10.0 Å². The van der Waals surface area contributed by atoms with E-state index >= 15 is 0 Å². The summed E-state index contributed by atoms with van der Waals surface area (Å²) in [6, 6.07) is 14.3. The maximum atomic E-state index is 12.4. The molecule has 2 aromatic heterocycles. The van der Waals surface area contributed by atoms with Crippen molar-refractivity contribution >= 4 is 63.3 Å². The van der Waals surface area contributed by atoms with Crippen molar-refractivity contribution in [1.82, 2.24) is 20.4 Å². The molecule has 7 nitrogen and oxygen atoms in total. The number of nitrogens with two attached hydrogens (primary N) is 1. The van der Waals surface area contributed by atoms with Crippen molar-refractivity contribution in [3.63, 3.8) is 0 Å². The highest BCUT2D eigenvalue weighted by atomic mass is 35.5. The number of hydrogen-bond donors (Lipinski definition) is 3. The smallest absolute Gasteiger partial charge is 0.271 e. The number of para-hydroxylation sites is 1. The van der Waals surface area contributed by atoms with E-state index in [-0.39, 0.29) is 22.1 Å². The molecule has 2 heterocycles. The van der Waals surface area contributed by atoms with E-state index in [9.17, 15) is 4.79 Å². The van der Waals surface area contributed by atoms with Crippen LogP contribution in [0, 0.1) is 0 Å². The molecule has 1 amide bonds. The lowest BCUT2D eigenvalue weighted by molar-refractivity contribution is 0.0962. The summed E-state index contributed by atoms with van der Waals surface area (Å²) in [5, 5.41) is 2.22. The van der Waals surface area contributed by atoms with Crippen LogP contribution in [-0.4, -0.2) is 20.9 Å². The molecule has 0 fully saturated rings. The number of nitrogen functional groups attached to an aromatic ring is 1. The summed E-state index contributed by atoms with van der Waals surface area (Å²) in [6.07, 6.45) is 3.10. The monoisotopic (exact) mass is 456 g/mol. The molecule has 0 bridgehead atoms. The van der Waals surface area contributed by atoms with Crippen LogP contribution in [0.3, 0.4) is 0 Å². The Morgan fingerprint density at radius 1 is 1.03 bits per heavy atom. The molecule has 2 aromatic carbocycles. The predicted molar refractivity (Wildman–Crippen MR) is 120 cm³/mol. The average Bonchev–Trinajstić information content (AvgIpc) is 2.74. The lowest BCUT2D eigenvalue weighted by atomic mass is 10.2. The Balaban J connectivity index is 1.54. The minimum absolute atomic E-state index is 0.233. The zero-order chi connectivity index (χ0) is 21.1. The molecule has 4 aromatic rings. The van der Waals surface area contributed by atoms with Crippen molar-refractivity contribution in [2.45, 2.75) is 9.92 Å². The van der Waals surface area contributed by atoms with Gasteiger partial charge in [-0.15, -0.1) is 0 Å². The van der Waals surface area contributed by atoms with Gasteiger partial charge in [0, 0.05) is 21.5 Å². The van der Waals surface area contributed by atoms with Crippen molar-refractivity contribution in [1.29, 1.82) is 0 Å². The number of amides is 1. The van der Waals surface area contributed by atoms with Gasteiger partial charge in [-0.2, -0.15) is 0 Å². The van der Waals surface area contributed by atoms with E-state index in [2.05, 4.69) is 25.8 Å². The summed E-state index contributed by atoms with van der Waals surface area (Å²) in [7, 11) is 0. The number of halogens is 2. The zero-order valence-corrected chi connectivity index (χ0v) is 17.6. The Morgan fingerprint density at radius 3 is 2.70 bits per heavy atom. The first-order valence-electron chi connectivity index (χ1n) is 8.66. The number of nitrogens with one attached hydrogen (secondary N) is 2. The highest BCUT2D eigenvalue weighted by Gasteiger charge is 2.14. The summed E-state index contributed by atoms with van der Waals surface area (Å²) in [5.41, 5.74) is 12.9. The van der Waals surface area contributed by atoms with E-state index in [1.807, 2.05) is 30.3 Å². The lowest BCUT2D eigenvalue weighted by Gasteiger charge is -2.13. The fourth-order valence-corrected chi connectivity index (χ4v) is 4.10. The molecule has 0 aliphatic rings. The number of benzene rings is 2. The number of hydrazine groups is 1. The number of aromatic nitrogens is 3. The van der Waals surface area contributed by atoms with Gasteiger partial charge in [0.1, 0.15) is 17.0 Å². The fourth-order valence-electron chi connectivity index (χ4n) is 2.68. The third-order valence-corrected chi connectivity index (χ3v) is 5.74. The number of rotatable bonds is 5. The maximum Gasteiger partial charge on any atom is 0.271 e. The van der Waals surface area contributed by atoms with Gasteiger partial charge in [0.05, 0.1) is 16.1 Å². The Hall–Kier alpha value is -3.07. The maximum absolute atomic E-state index is 12.4. The first-order chi connectivity index (χ1) is 14.5. The first kappa shape index (κ1) is 20.2. The van der Waals surface area contributed by atoms with Gasteiger partial charge in [-0.1, -0.05) is 53.2 Å². The van der Waals surface area contributed by atoms with Gasteiger partial charge in [-0.3, -0.25) is 20.6 Å². The number of nitrogens with zero attached hydrogens (tertiary/aromatic N) is 3. The second-order valence-corrected chi connectivity index (χ2v) is 7.95. The van der Waals surface area contributed by atoms with Crippen LogP contribution in [0.5, 0.6) is 0 Å². The molecule has 10 heteroatoms. The minimum atomic E-state index is -0.456. The van der Waals surface area contributed by atoms with Gasteiger partial charge in [0.2, 0.25) is 0 Å². The summed E-state index contributed by atoms with van der Waals surface area (Å²) >= 11 is 13.3. The minimum Gasteiger partial charge on any atom is -0.393 e. The van der Waals surface area contributed by atoms with Crippen LogP contribution in [0.1, 0.15) is 10.4 Å². The molecule has 4 rings (SSSR count). The molecule has 0 unspecified atom stereocenters. The van der Waals surface area contributed by atoms with Crippen molar-refractivity contribution in [2.24, 2.45) is 0 Å². The molecule has 150 valence electrons. The third kappa shape index (κ3) is 4.25. The van der Waals surface area contributed by atoms with Crippen molar-refractivity contribution in [3.8, 4) is 0 Å². The highest BCUT2D eigenvalue weighted by molar-refractivity contribution is 7.99. The molecule has 0 atom stereocenters. The Kier molecular flexibility index (Phi) is 5.89. The van der Waals surface area contributed by atoms with Gasteiger partial charge in [0.15, 0.2) is 5.82 Å².